The Hall–Kier alpha value is -2.88. The van der Waals surface area contributed by atoms with Crippen LogP contribution in [0.5, 0.6) is 0 Å². The molecule has 0 radical (unpaired) electrons. The molecule has 1 aromatic rings. The van der Waals surface area contributed by atoms with E-state index in [1.807, 2.05) is 27.7 Å². The molecule has 0 atom stereocenters. The minimum Gasteiger partial charge on any atom is -0.355 e. The summed E-state index contributed by atoms with van der Waals surface area (Å²) < 4.78 is 0. The fourth-order valence-corrected chi connectivity index (χ4v) is 2.51. The van der Waals surface area contributed by atoms with Crippen LogP contribution in [0.4, 0.5) is 0 Å². The normalized spacial score (nSPS) is 13.5. The molecule has 0 saturated heterocycles. The highest BCUT2D eigenvalue weighted by atomic mass is 16.2. The van der Waals surface area contributed by atoms with Crippen molar-refractivity contribution in [1.82, 2.24) is 10.2 Å². The molecule has 0 bridgehead atoms. The predicted molar refractivity (Wildman–Crippen MR) is 120 cm³/mol. The van der Waals surface area contributed by atoms with Crippen molar-refractivity contribution in [3.05, 3.63) is 76.9 Å². The van der Waals surface area contributed by atoms with Crippen LogP contribution in [0.3, 0.4) is 0 Å². The number of benzene rings is 1. The van der Waals surface area contributed by atoms with Crippen molar-refractivity contribution in [3.63, 3.8) is 0 Å². The summed E-state index contributed by atoms with van der Waals surface area (Å²) in [5.41, 5.74) is 5.15. The van der Waals surface area contributed by atoms with Crippen molar-refractivity contribution in [3.8, 4) is 0 Å². The first-order chi connectivity index (χ1) is 13.3. The van der Waals surface area contributed by atoms with Gasteiger partial charge in [-0.15, -0.1) is 0 Å². The SMILES string of the molecule is C=C1c2ccc(C(=O)NC)cc2C(=O)N1C.CC.C\C=C/C(C)=C(C)/C=C\C. The molecule has 4 nitrogen and oxygen atoms in total. The average molecular weight is 383 g/mol. The van der Waals surface area contributed by atoms with Gasteiger partial charge in [0.25, 0.3) is 11.8 Å². The number of amides is 2. The van der Waals surface area contributed by atoms with Gasteiger partial charge in [0.05, 0.1) is 0 Å². The van der Waals surface area contributed by atoms with Crippen LogP contribution in [0.15, 0.2) is 60.2 Å². The van der Waals surface area contributed by atoms with Gasteiger partial charge in [-0.2, -0.15) is 0 Å². The van der Waals surface area contributed by atoms with E-state index in [4.69, 9.17) is 0 Å². The van der Waals surface area contributed by atoms with Crippen LogP contribution in [-0.2, 0) is 0 Å². The zero-order valence-corrected chi connectivity index (χ0v) is 18.5. The lowest BCUT2D eigenvalue weighted by atomic mass is 10.0. The summed E-state index contributed by atoms with van der Waals surface area (Å²) in [6.07, 6.45) is 8.36. The third-order valence-corrected chi connectivity index (χ3v) is 4.21. The van der Waals surface area contributed by atoms with Crippen molar-refractivity contribution < 1.29 is 9.59 Å². The van der Waals surface area contributed by atoms with Crippen molar-refractivity contribution >= 4 is 17.5 Å². The molecule has 1 aliphatic heterocycles. The van der Waals surface area contributed by atoms with Crippen LogP contribution in [0, 0.1) is 0 Å². The fourth-order valence-electron chi connectivity index (χ4n) is 2.51. The lowest BCUT2D eigenvalue weighted by Gasteiger charge is -2.07. The molecular formula is C24H34N2O2. The van der Waals surface area contributed by atoms with Crippen LogP contribution >= 0.6 is 0 Å². The molecule has 4 heteroatoms. The third kappa shape index (κ3) is 6.38. The summed E-state index contributed by atoms with van der Waals surface area (Å²) in [5.74, 6) is -0.318. The van der Waals surface area contributed by atoms with Crippen LogP contribution in [0.2, 0.25) is 0 Å². The predicted octanol–water partition coefficient (Wildman–Crippen LogP) is 5.60. The highest BCUT2D eigenvalue weighted by molar-refractivity contribution is 6.10. The number of hydrogen-bond acceptors (Lipinski definition) is 2. The summed E-state index contributed by atoms with van der Waals surface area (Å²) in [6.45, 7) is 16.1. The molecule has 0 aromatic heterocycles. The number of fused-ring (bicyclic) bond motifs is 1. The molecule has 2 rings (SSSR count). The van der Waals surface area contributed by atoms with Gasteiger partial charge in [0.2, 0.25) is 0 Å². The van der Waals surface area contributed by atoms with Gasteiger partial charge >= 0.3 is 0 Å². The molecule has 1 N–H and O–H groups in total. The van der Waals surface area contributed by atoms with Crippen molar-refractivity contribution in [2.24, 2.45) is 0 Å². The minimum atomic E-state index is -0.198. The maximum absolute atomic E-state index is 11.8. The fraction of sp³-hybridized carbons (Fsp3) is 0.333. The van der Waals surface area contributed by atoms with E-state index in [9.17, 15) is 9.59 Å². The number of carbonyl (C=O) groups is 2. The molecule has 28 heavy (non-hydrogen) atoms. The van der Waals surface area contributed by atoms with E-state index in [-0.39, 0.29) is 11.8 Å². The standard InChI is InChI=1S/C12H12N2O2.C10H16.C2H6/c1-7-9-5-4-8(11(15)13-2)6-10(9)12(16)14(7)3;1-5-7-9(3)10(4)8-6-2;1-2/h4-6H,1H2,2-3H3,(H,13,15);5-8H,1-4H3;1-2H3/b;7-5-,8-6-,10-9+;. The van der Waals surface area contributed by atoms with E-state index < -0.39 is 0 Å². The van der Waals surface area contributed by atoms with Gasteiger partial charge in [0, 0.05) is 36.5 Å². The molecular weight excluding hydrogens is 348 g/mol. The summed E-state index contributed by atoms with van der Waals surface area (Å²) in [4.78, 5) is 24.7. The average Bonchev–Trinajstić information content (AvgIpc) is 2.93. The number of hydrogen-bond donors (Lipinski definition) is 1. The van der Waals surface area contributed by atoms with Gasteiger partial charge in [-0.3, -0.25) is 9.59 Å². The Labute approximate surface area is 170 Å². The molecule has 0 aliphatic carbocycles. The van der Waals surface area contributed by atoms with E-state index in [1.54, 1.807) is 32.3 Å². The molecule has 1 heterocycles. The summed E-state index contributed by atoms with van der Waals surface area (Å²) >= 11 is 0. The van der Waals surface area contributed by atoms with Gasteiger partial charge in [0.15, 0.2) is 0 Å². The first-order valence-corrected chi connectivity index (χ1v) is 9.54. The second-order valence-electron chi connectivity index (χ2n) is 6.02. The van der Waals surface area contributed by atoms with Crippen molar-refractivity contribution in [2.45, 2.75) is 41.5 Å². The molecule has 0 spiro atoms. The number of allylic oxidation sites excluding steroid dienone is 6. The quantitative estimate of drug-likeness (QED) is 0.691. The van der Waals surface area contributed by atoms with E-state index in [0.29, 0.717) is 16.8 Å². The molecule has 152 valence electrons. The molecule has 0 saturated carbocycles. The van der Waals surface area contributed by atoms with Crippen molar-refractivity contribution in [1.29, 1.82) is 0 Å². The second-order valence-corrected chi connectivity index (χ2v) is 6.02. The second kappa shape index (κ2) is 12.5. The first-order valence-electron chi connectivity index (χ1n) is 9.54. The Balaban J connectivity index is 0.000000528. The number of nitrogens with one attached hydrogen (secondary N) is 1. The number of nitrogens with zero attached hydrogens (tertiary/aromatic N) is 1. The highest BCUT2D eigenvalue weighted by Crippen LogP contribution is 2.30. The Kier molecular flexibility index (Phi) is 11.2. The zero-order valence-electron chi connectivity index (χ0n) is 18.5. The smallest absolute Gasteiger partial charge is 0.258 e. The van der Waals surface area contributed by atoms with Gasteiger partial charge in [-0.1, -0.05) is 50.8 Å². The molecule has 1 aromatic carbocycles. The Morgan fingerprint density at radius 2 is 1.54 bits per heavy atom. The zero-order chi connectivity index (χ0) is 21.9. The molecule has 2 amide bonds. The number of rotatable bonds is 3. The van der Waals surface area contributed by atoms with Gasteiger partial charge in [-0.25, -0.2) is 0 Å². The molecule has 1 aliphatic rings. The topological polar surface area (TPSA) is 49.4 Å². The maximum atomic E-state index is 11.8. The van der Waals surface area contributed by atoms with Crippen LogP contribution in [0.25, 0.3) is 5.70 Å². The Morgan fingerprint density at radius 1 is 1.04 bits per heavy atom. The Morgan fingerprint density at radius 3 is 1.96 bits per heavy atom. The van der Waals surface area contributed by atoms with Gasteiger partial charge < -0.3 is 10.2 Å². The number of carbonyl (C=O) groups excluding carboxylic acids is 2. The Bertz CT molecular complexity index is 779. The maximum Gasteiger partial charge on any atom is 0.258 e. The van der Waals surface area contributed by atoms with Crippen molar-refractivity contribution in [2.75, 3.05) is 14.1 Å². The lowest BCUT2D eigenvalue weighted by Crippen LogP contribution is -2.19. The van der Waals surface area contributed by atoms with Crippen LogP contribution in [-0.4, -0.2) is 30.8 Å². The lowest BCUT2D eigenvalue weighted by molar-refractivity contribution is 0.0875. The van der Waals surface area contributed by atoms with Gasteiger partial charge in [-0.05, 0) is 51.0 Å². The molecule has 0 fully saturated rings. The van der Waals surface area contributed by atoms with Gasteiger partial charge in [0.1, 0.15) is 0 Å². The first kappa shape index (κ1) is 25.1. The van der Waals surface area contributed by atoms with E-state index in [1.165, 1.54) is 16.0 Å². The highest BCUT2D eigenvalue weighted by Gasteiger charge is 2.28. The summed E-state index contributed by atoms with van der Waals surface area (Å²) in [7, 11) is 3.23. The van der Waals surface area contributed by atoms with Crippen LogP contribution < -0.4 is 5.32 Å². The largest absolute Gasteiger partial charge is 0.355 e. The van der Waals surface area contributed by atoms with E-state index in [0.717, 1.165) is 5.56 Å². The monoisotopic (exact) mass is 382 g/mol. The summed E-state index contributed by atoms with van der Waals surface area (Å²) in [6, 6.07) is 5.05. The van der Waals surface area contributed by atoms with E-state index >= 15 is 0 Å². The van der Waals surface area contributed by atoms with Crippen LogP contribution in [0.1, 0.15) is 67.8 Å². The van der Waals surface area contributed by atoms with E-state index in [2.05, 4.69) is 50.0 Å². The third-order valence-electron chi connectivity index (χ3n) is 4.21. The minimum absolute atomic E-state index is 0.120. The molecule has 0 unspecified atom stereocenters. The summed E-state index contributed by atoms with van der Waals surface area (Å²) in [5, 5.41) is 2.52.